The number of thiophene rings is 1. The molecule has 1 amide bonds. The standard InChI is InChI=1S/C16H16N2OS/c1-12-4-2-5-13(10-12)11-18-16(19)15-8-7-14(20-15)6-3-9-17/h2,4-5,7-8,10H,9,11,17H2,1H3,(H,18,19). The second-order valence-corrected chi connectivity index (χ2v) is 5.43. The number of nitrogens with two attached hydrogens (primary N) is 1. The minimum absolute atomic E-state index is 0.0719. The van der Waals surface area contributed by atoms with Crippen LogP contribution >= 0.6 is 11.3 Å². The molecule has 3 nitrogen and oxygen atoms in total. The zero-order chi connectivity index (χ0) is 14.4. The molecule has 0 aliphatic rings. The van der Waals surface area contributed by atoms with Gasteiger partial charge in [-0.2, -0.15) is 0 Å². The first-order valence-corrected chi connectivity index (χ1v) is 7.13. The summed E-state index contributed by atoms with van der Waals surface area (Å²) in [5, 5.41) is 2.91. The fraction of sp³-hybridized carbons (Fsp3) is 0.188. The van der Waals surface area contributed by atoms with Crippen molar-refractivity contribution in [1.82, 2.24) is 5.32 Å². The Bertz CT molecular complexity index is 664. The largest absolute Gasteiger partial charge is 0.347 e. The molecular formula is C16H16N2OS. The lowest BCUT2D eigenvalue weighted by molar-refractivity contribution is 0.0955. The van der Waals surface area contributed by atoms with Crippen molar-refractivity contribution < 1.29 is 4.79 Å². The molecule has 2 rings (SSSR count). The molecule has 2 aromatic rings. The molecule has 0 bridgehead atoms. The highest BCUT2D eigenvalue weighted by atomic mass is 32.1. The predicted molar refractivity (Wildman–Crippen MR) is 82.6 cm³/mol. The molecule has 0 aliphatic heterocycles. The number of amides is 1. The van der Waals surface area contributed by atoms with Gasteiger partial charge in [-0.05, 0) is 24.6 Å². The second-order valence-electron chi connectivity index (χ2n) is 4.34. The van der Waals surface area contributed by atoms with Gasteiger partial charge in [-0.3, -0.25) is 4.79 Å². The quantitative estimate of drug-likeness (QED) is 0.850. The van der Waals surface area contributed by atoms with Crippen LogP contribution in [0.1, 0.15) is 25.7 Å². The van der Waals surface area contributed by atoms with E-state index in [9.17, 15) is 4.79 Å². The highest BCUT2D eigenvalue weighted by Gasteiger charge is 2.08. The third-order valence-corrected chi connectivity index (χ3v) is 3.68. The van der Waals surface area contributed by atoms with Crippen LogP contribution in [-0.4, -0.2) is 12.5 Å². The number of hydrogen-bond donors (Lipinski definition) is 2. The van der Waals surface area contributed by atoms with Gasteiger partial charge in [0.15, 0.2) is 0 Å². The van der Waals surface area contributed by atoms with Crippen LogP contribution in [0.15, 0.2) is 36.4 Å². The van der Waals surface area contributed by atoms with E-state index in [4.69, 9.17) is 5.73 Å². The number of carbonyl (C=O) groups excluding carboxylic acids is 1. The van der Waals surface area contributed by atoms with Crippen molar-refractivity contribution in [3.05, 3.63) is 57.3 Å². The van der Waals surface area contributed by atoms with Crippen LogP contribution in [0.5, 0.6) is 0 Å². The number of carbonyl (C=O) groups is 1. The van der Waals surface area contributed by atoms with E-state index < -0.39 is 0 Å². The maximum atomic E-state index is 12.0. The van der Waals surface area contributed by atoms with Crippen LogP contribution in [0, 0.1) is 18.8 Å². The Morgan fingerprint density at radius 1 is 1.35 bits per heavy atom. The molecule has 1 aromatic carbocycles. The Morgan fingerprint density at radius 2 is 2.20 bits per heavy atom. The van der Waals surface area contributed by atoms with Gasteiger partial charge in [0.2, 0.25) is 0 Å². The monoisotopic (exact) mass is 284 g/mol. The van der Waals surface area contributed by atoms with Crippen LogP contribution in [0.3, 0.4) is 0 Å². The van der Waals surface area contributed by atoms with E-state index in [1.54, 1.807) is 6.07 Å². The molecule has 0 radical (unpaired) electrons. The van der Waals surface area contributed by atoms with E-state index in [0.29, 0.717) is 18.0 Å². The van der Waals surface area contributed by atoms with Gasteiger partial charge in [0.05, 0.1) is 16.3 Å². The van der Waals surface area contributed by atoms with Crippen LogP contribution < -0.4 is 11.1 Å². The zero-order valence-electron chi connectivity index (χ0n) is 11.3. The maximum Gasteiger partial charge on any atom is 0.261 e. The lowest BCUT2D eigenvalue weighted by Gasteiger charge is -2.04. The molecule has 0 fully saturated rings. The highest BCUT2D eigenvalue weighted by molar-refractivity contribution is 7.14. The summed E-state index contributed by atoms with van der Waals surface area (Å²) in [6.07, 6.45) is 0. The van der Waals surface area contributed by atoms with Crippen LogP contribution in [-0.2, 0) is 6.54 Å². The van der Waals surface area contributed by atoms with Crippen molar-refractivity contribution in [2.24, 2.45) is 5.73 Å². The first kappa shape index (κ1) is 14.3. The van der Waals surface area contributed by atoms with E-state index in [2.05, 4.69) is 23.2 Å². The van der Waals surface area contributed by atoms with Gasteiger partial charge in [0.1, 0.15) is 0 Å². The summed E-state index contributed by atoms with van der Waals surface area (Å²) in [5.74, 6) is 5.63. The molecule has 0 unspecified atom stereocenters. The Balaban J connectivity index is 1.96. The van der Waals surface area contributed by atoms with E-state index >= 15 is 0 Å². The summed E-state index contributed by atoms with van der Waals surface area (Å²) in [6, 6.07) is 11.7. The van der Waals surface area contributed by atoms with Crippen LogP contribution in [0.25, 0.3) is 0 Å². The molecule has 0 aliphatic carbocycles. The SMILES string of the molecule is Cc1cccc(CNC(=O)c2ccc(C#CCN)s2)c1. The summed E-state index contributed by atoms with van der Waals surface area (Å²) in [7, 11) is 0. The van der Waals surface area contributed by atoms with Gasteiger partial charge in [-0.25, -0.2) is 0 Å². The molecule has 3 N–H and O–H groups in total. The average molecular weight is 284 g/mol. The fourth-order valence-electron chi connectivity index (χ4n) is 1.76. The molecule has 4 heteroatoms. The summed E-state index contributed by atoms with van der Waals surface area (Å²) >= 11 is 1.38. The Hall–Kier alpha value is -2.09. The van der Waals surface area contributed by atoms with E-state index in [1.165, 1.54) is 16.9 Å². The predicted octanol–water partition coefficient (Wildman–Crippen LogP) is 2.30. The molecule has 102 valence electrons. The molecular weight excluding hydrogens is 268 g/mol. The zero-order valence-corrected chi connectivity index (χ0v) is 12.1. The van der Waals surface area contributed by atoms with Gasteiger partial charge in [0, 0.05) is 6.54 Å². The van der Waals surface area contributed by atoms with Crippen LogP contribution in [0.2, 0.25) is 0 Å². The summed E-state index contributed by atoms with van der Waals surface area (Å²) < 4.78 is 0. The number of aryl methyl sites for hydroxylation is 1. The summed E-state index contributed by atoms with van der Waals surface area (Å²) in [6.45, 7) is 2.89. The number of hydrogen-bond acceptors (Lipinski definition) is 3. The van der Waals surface area contributed by atoms with E-state index in [0.717, 1.165) is 10.4 Å². The van der Waals surface area contributed by atoms with E-state index in [-0.39, 0.29) is 5.91 Å². The second kappa shape index (κ2) is 6.90. The van der Waals surface area contributed by atoms with Crippen molar-refractivity contribution in [3.8, 4) is 11.8 Å². The van der Waals surface area contributed by atoms with Gasteiger partial charge in [-0.1, -0.05) is 41.7 Å². The molecule has 20 heavy (non-hydrogen) atoms. The number of benzene rings is 1. The van der Waals surface area contributed by atoms with Gasteiger partial charge >= 0.3 is 0 Å². The molecule has 1 aromatic heterocycles. The first-order chi connectivity index (χ1) is 9.69. The smallest absolute Gasteiger partial charge is 0.261 e. The number of nitrogens with one attached hydrogen (secondary N) is 1. The van der Waals surface area contributed by atoms with Crippen molar-refractivity contribution >= 4 is 17.2 Å². The highest BCUT2D eigenvalue weighted by Crippen LogP contribution is 2.15. The van der Waals surface area contributed by atoms with Crippen molar-refractivity contribution in [3.63, 3.8) is 0 Å². The lowest BCUT2D eigenvalue weighted by atomic mass is 10.1. The Morgan fingerprint density at radius 3 is 2.95 bits per heavy atom. The first-order valence-electron chi connectivity index (χ1n) is 6.31. The minimum Gasteiger partial charge on any atom is -0.347 e. The molecule has 0 saturated carbocycles. The number of rotatable bonds is 3. The lowest BCUT2D eigenvalue weighted by Crippen LogP contribution is -2.21. The third-order valence-electron chi connectivity index (χ3n) is 2.68. The Kier molecular flexibility index (Phi) is 4.94. The topological polar surface area (TPSA) is 55.1 Å². The van der Waals surface area contributed by atoms with Crippen molar-refractivity contribution in [2.75, 3.05) is 6.54 Å². The summed E-state index contributed by atoms with van der Waals surface area (Å²) in [4.78, 5) is 13.5. The van der Waals surface area contributed by atoms with Crippen molar-refractivity contribution in [1.29, 1.82) is 0 Å². The maximum absolute atomic E-state index is 12.0. The molecule has 0 spiro atoms. The van der Waals surface area contributed by atoms with E-state index in [1.807, 2.05) is 31.2 Å². The van der Waals surface area contributed by atoms with Gasteiger partial charge < -0.3 is 11.1 Å². The van der Waals surface area contributed by atoms with Crippen molar-refractivity contribution in [2.45, 2.75) is 13.5 Å². The third kappa shape index (κ3) is 3.95. The summed E-state index contributed by atoms with van der Waals surface area (Å²) in [5.41, 5.74) is 7.60. The average Bonchev–Trinajstić information content (AvgIpc) is 2.91. The van der Waals surface area contributed by atoms with Gasteiger partial charge in [0.25, 0.3) is 5.91 Å². The Labute approximate surface area is 122 Å². The molecule has 0 atom stereocenters. The fourth-order valence-corrected chi connectivity index (χ4v) is 2.55. The normalized spacial score (nSPS) is 9.70. The molecule has 1 heterocycles. The minimum atomic E-state index is -0.0719. The van der Waals surface area contributed by atoms with Crippen LogP contribution in [0.4, 0.5) is 0 Å². The van der Waals surface area contributed by atoms with Gasteiger partial charge in [-0.15, -0.1) is 11.3 Å². The molecule has 0 saturated heterocycles.